The predicted octanol–water partition coefficient (Wildman–Crippen LogP) is 3.14. The fourth-order valence-electron chi connectivity index (χ4n) is 2.32. The van der Waals surface area contributed by atoms with Crippen LogP contribution in [-0.4, -0.2) is 32.3 Å². The third-order valence-electron chi connectivity index (χ3n) is 3.53. The first-order chi connectivity index (χ1) is 13.6. The Morgan fingerprint density at radius 1 is 1.21 bits per heavy atom. The van der Waals surface area contributed by atoms with Gasteiger partial charge in [-0.2, -0.15) is 5.26 Å². The molecule has 0 atom stereocenters. The van der Waals surface area contributed by atoms with Gasteiger partial charge < -0.3 is 11.2 Å². The Balaban J connectivity index is 1.64. The summed E-state index contributed by atoms with van der Waals surface area (Å²) in [6, 6.07) is 15.2. The number of para-hydroxylation sites is 1. The van der Waals surface area contributed by atoms with Crippen LogP contribution >= 0.6 is 23.5 Å². The number of nitrogen functional groups attached to an aromatic ring is 1. The summed E-state index contributed by atoms with van der Waals surface area (Å²) in [4.78, 5) is 13.1. The number of thioether (sulfide) groups is 2. The van der Waals surface area contributed by atoms with Gasteiger partial charge in [-0.05, 0) is 24.3 Å². The van der Waals surface area contributed by atoms with Crippen molar-refractivity contribution >= 4 is 35.1 Å². The van der Waals surface area contributed by atoms with Crippen molar-refractivity contribution in [2.45, 2.75) is 10.1 Å². The van der Waals surface area contributed by atoms with Crippen molar-refractivity contribution < 1.29 is 9.18 Å². The summed E-state index contributed by atoms with van der Waals surface area (Å²) in [7, 11) is 0. The quantitative estimate of drug-likeness (QED) is 0.451. The number of hydrogen-bond donors (Lipinski definition) is 2. The molecule has 0 radical (unpaired) electrons. The summed E-state index contributed by atoms with van der Waals surface area (Å²) >= 11 is 2.47. The van der Waals surface area contributed by atoms with Gasteiger partial charge in [0, 0.05) is 10.5 Å². The number of nitrogens with one attached hydrogen (secondary N) is 1. The van der Waals surface area contributed by atoms with Gasteiger partial charge in [-0.15, -0.1) is 22.0 Å². The lowest BCUT2D eigenvalue weighted by molar-refractivity contribution is -0.113. The molecular formula is C18H15FN6OS2. The molecule has 0 spiro atoms. The van der Waals surface area contributed by atoms with E-state index in [9.17, 15) is 9.18 Å². The minimum Gasteiger partial charge on any atom is -0.335 e. The standard InChI is InChI=1S/C18H15FN6OS2/c19-13-5-3-4-12(10-13)17-23-24-18(25(17)21)28-11-16(26)22-14-6-1-2-7-15(14)27-9-8-20/h1-7,10H,9,11,21H2,(H,22,26). The maximum Gasteiger partial charge on any atom is 0.234 e. The van der Waals surface area contributed by atoms with Crippen molar-refractivity contribution in [2.75, 3.05) is 22.7 Å². The molecule has 0 saturated heterocycles. The van der Waals surface area contributed by atoms with Crippen LogP contribution in [0.2, 0.25) is 0 Å². The Morgan fingerprint density at radius 2 is 2.04 bits per heavy atom. The highest BCUT2D eigenvalue weighted by molar-refractivity contribution is 8.00. The zero-order chi connectivity index (χ0) is 19.9. The third kappa shape index (κ3) is 4.82. The zero-order valence-electron chi connectivity index (χ0n) is 14.5. The van der Waals surface area contributed by atoms with Crippen LogP contribution in [0.4, 0.5) is 10.1 Å². The molecule has 0 aliphatic rings. The fraction of sp³-hybridized carbons (Fsp3) is 0.111. The Kier molecular flexibility index (Phi) is 6.52. The minimum atomic E-state index is -0.401. The van der Waals surface area contributed by atoms with Crippen LogP contribution in [0.3, 0.4) is 0 Å². The minimum absolute atomic E-state index is 0.0652. The highest BCUT2D eigenvalue weighted by Crippen LogP contribution is 2.27. The molecule has 1 amide bonds. The molecule has 0 fully saturated rings. The number of hydrogen-bond acceptors (Lipinski definition) is 7. The van der Waals surface area contributed by atoms with E-state index in [4.69, 9.17) is 11.1 Å². The van der Waals surface area contributed by atoms with Crippen molar-refractivity contribution in [1.29, 1.82) is 5.26 Å². The fourth-order valence-corrected chi connectivity index (χ4v) is 3.65. The molecule has 7 nitrogen and oxygen atoms in total. The van der Waals surface area contributed by atoms with E-state index in [2.05, 4.69) is 21.6 Å². The van der Waals surface area contributed by atoms with Crippen molar-refractivity contribution in [3.05, 3.63) is 54.3 Å². The second-order valence-corrected chi connectivity index (χ2v) is 7.43. The Hall–Kier alpha value is -3.03. The normalized spacial score (nSPS) is 10.4. The number of nitrogens with two attached hydrogens (primary N) is 1. The van der Waals surface area contributed by atoms with E-state index >= 15 is 0 Å². The number of carbonyl (C=O) groups excluding carboxylic acids is 1. The molecule has 10 heteroatoms. The number of aromatic nitrogens is 3. The van der Waals surface area contributed by atoms with Gasteiger partial charge in [0.25, 0.3) is 0 Å². The zero-order valence-corrected chi connectivity index (χ0v) is 16.1. The Morgan fingerprint density at radius 3 is 2.82 bits per heavy atom. The summed E-state index contributed by atoms with van der Waals surface area (Å²) in [6.45, 7) is 0. The molecule has 0 saturated carbocycles. The molecule has 0 aliphatic heterocycles. The van der Waals surface area contributed by atoms with Crippen molar-refractivity contribution in [3.8, 4) is 17.5 Å². The molecule has 1 aromatic heterocycles. The van der Waals surface area contributed by atoms with Gasteiger partial charge in [-0.3, -0.25) is 4.79 Å². The number of anilines is 1. The summed E-state index contributed by atoms with van der Waals surface area (Å²) in [6.07, 6.45) is 0. The lowest BCUT2D eigenvalue weighted by Crippen LogP contribution is -2.16. The monoisotopic (exact) mass is 414 g/mol. The van der Waals surface area contributed by atoms with Gasteiger partial charge in [0.05, 0.1) is 23.3 Å². The van der Waals surface area contributed by atoms with Crippen LogP contribution in [0.25, 0.3) is 11.4 Å². The van der Waals surface area contributed by atoms with Crippen LogP contribution in [0.1, 0.15) is 0 Å². The number of carbonyl (C=O) groups is 1. The Bertz CT molecular complexity index is 1030. The SMILES string of the molecule is N#CCSc1ccccc1NC(=O)CSc1nnc(-c2cccc(F)c2)n1N. The summed E-state index contributed by atoms with van der Waals surface area (Å²) in [5, 5.41) is 19.8. The maximum atomic E-state index is 13.4. The van der Waals surface area contributed by atoms with Crippen molar-refractivity contribution in [1.82, 2.24) is 14.9 Å². The van der Waals surface area contributed by atoms with E-state index in [1.165, 1.54) is 28.6 Å². The molecule has 1 heterocycles. The first-order valence-electron chi connectivity index (χ1n) is 8.06. The molecule has 28 heavy (non-hydrogen) atoms. The van der Waals surface area contributed by atoms with Crippen LogP contribution < -0.4 is 11.2 Å². The number of halogens is 1. The second kappa shape index (κ2) is 9.25. The molecule has 3 aromatic rings. The topological polar surface area (TPSA) is 110 Å². The summed E-state index contributed by atoms with van der Waals surface area (Å²) in [5.41, 5.74) is 1.14. The van der Waals surface area contributed by atoms with E-state index in [1.54, 1.807) is 24.3 Å². The number of nitrogens with zero attached hydrogens (tertiary/aromatic N) is 4. The molecular weight excluding hydrogens is 399 g/mol. The molecule has 142 valence electrons. The van der Waals surface area contributed by atoms with E-state index in [0.29, 0.717) is 28.0 Å². The number of benzene rings is 2. The van der Waals surface area contributed by atoms with Crippen LogP contribution in [0.5, 0.6) is 0 Å². The molecule has 0 unspecified atom stereocenters. The lowest BCUT2D eigenvalue weighted by atomic mass is 10.2. The van der Waals surface area contributed by atoms with E-state index in [0.717, 1.165) is 16.7 Å². The number of amides is 1. The van der Waals surface area contributed by atoms with Crippen molar-refractivity contribution in [2.24, 2.45) is 0 Å². The second-order valence-electron chi connectivity index (χ2n) is 5.47. The highest BCUT2D eigenvalue weighted by atomic mass is 32.2. The van der Waals surface area contributed by atoms with Crippen LogP contribution in [-0.2, 0) is 4.79 Å². The van der Waals surface area contributed by atoms with E-state index in [1.807, 2.05) is 12.1 Å². The predicted molar refractivity (Wildman–Crippen MR) is 108 cm³/mol. The van der Waals surface area contributed by atoms with Gasteiger partial charge in [0.2, 0.25) is 11.1 Å². The number of rotatable bonds is 7. The third-order valence-corrected chi connectivity index (χ3v) is 5.42. The maximum absolute atomic E-state index is 13.4. The van der Waals surface area contributed by atoms with Crippen LogP contribution in [0.15, 0.2) is 58.6 Å². The summed E-state index contributed by atoms with van der Waals surface area (Å²) < 4.78 is 14.6. The van der Waals surface area contributed by atoms with E-state index < -0.39 is 5.82 Å². The van der Waals surface area contributed by atoms with Gasteiger partial charge in [-0.25, -0.2) is 9.07 Å². The average Bonchev–Trinajstić information content (AvgIpc) is 3.06. The summed E-state index contributed by atoms with van der Waals surface area (Å²) in [5.74, 6) is 6.00. The lowest BCUT2D eigenvalue weighted by Gasteiger charge is -2.09. The average molecular weight is 414 g/mol. The smallest absolute Gasteiger partial charge is 0.234 e. The first kappa shape index (κ1) is 19.7. The van der Waals surface area contributed by atoms with Gasteiger partial charge in [-0.1, -0.05) is 36.0 Å². The number of nitriles is 1. The first-order valence-corrected chi connectivity index (χ1v) is 10.0. The largest absolute Gasteiger partial charge is 0.335 e. The molecule has 0 aliphatic carbocycles. The molecule has 2 aromatic carbocycles. The van der Waals surface area contributed by atoms with Gasteiger partial charge in [0.1, 0.15) is 5.82 Å². The van der Waals surface area contributed by atoms with Crippen molar-refractivity contribution in [3.63, 3.8) is 0 Å². The molecule has 0 bridgehead atoms. The Labute approximate surface area is 169 Å². The van der Waals surface area contributed by atoms with Gasteiger partial charge >= 0.3 is 0 Å². The molecule has 3 N–H and O–H groups in total. The van der Waals surface area contributed by atoms with Gasteiger partial charge in [0.15, 0.2) is 5.82 Å². The van der Waals surface area contributed by atoms with Crippen LogP contribution in [0, 0.1) is 17.1 Å². The highest BCUT2D eigenvalue weighted by Gasteiger charge is 2.15. The molecule has 3 rings (SSSR count). The van der Waals surface area contributed by atoms with E-state index in [-0.39, 0.29) is 11.7 Å².